The van der Waals surface area contributed by atoms with E-state index in [1.807, 2.05) is 30.3 Å². The van der Waals surface area contributed by atoms with Gasteiger partial charge < -0.3 is 4.74 Å². The van der Waals surface area contributed by atoms with Crippen molar-refractivity contribution in [1.82, 2.24) is 0 Å². The maximum atomic E-state index is 12.6. The molecule has 3 aromatic rings. The lowest BCUT2D eigenvalue weighted by atomic mass is 10.0. The molecule has 0 amide bonds. The molecule has 0 spiro atoms. The predicted molar refractivity (Wildman–Crippen MR) is 100 cm³/mol. The number of sulfonamides is 1. The highest BCUT2D eigenvalue weighted by molar-refractivity contribution is 7.92. The molecule has 6 heteroatoms. The molecule has 0 aromatic heterocycles. The summed E-state index contributed by atoms with van der Waals surface area (Å²) in [5, 5.41) is 0. The highest BCUT2D eigenvalue weighted by atomic mass is 32.2. The number of hydrogen-bond acceptors (Lipinski definition) is 4. The van der Waals surface area contributed by atoms with Crippen molar-refractivity contribution in [3.05, 3.63) is 84.4 Å². The van der Waals surface area contributed by atoms with Gasteiger partial charge in [-0.05, 0) is 35.4 Å². The van der Waals surface area contributed by atoms with Crippen LogP contribution in [0.15, 0.2) is 83.8 Å². The van der Waals surface area contributed by atoms with Crippen LogP contribution in [0.4, 0.5) is 5.69 Å². The Labute approximate surface area is 152 Å². The van der Waals surface area contributed by atoms with E-state index in [0.717, 1.165) is 11.1 Å². The van der Waals surface area contributed by atoms with Crippen molar-refractivity contribution in [3.63, 3.8) is 0 Å². The summed E-state index contributed by atoms with van der Waals surface area (Å²) in [5.74, 6) is -0.615. The molecule has 0 bridgehead atoms. The minimum atomic E-state index is -3.83. The first-order valence-electron chi connectivity index (χ1n) is 7.87. The molecule has 0 aliphatic carbocycles. The number of hydrogen-bond donors (Lipinski definition) is 1. The van der Waals surface area contributed by atoms with Gasteiger partial charge in [-0.3, -0.25) is 4.72 Å². The summed E-state index contributed by atoms with van der Waals surface area (Å²) in [6, 6.07) is 22.4. The van der Waals surface area contributed by atoms with Gasteiger partial charge in [0.25, 0.3) is 10.0 Å². The van der Waals surface area contributed by atoms with E-state index in [1.165, 1.54) is 19.2 Å². The van der Waals surface area contributed by atoms with Gasteiger partial charge in [-0.25, -0.2) is 13.2 Å². The third kappa shape index (κ3) is 3.75. The molecular formula is C20H17NO4S. The SMILES string of the molecule is COC(=O)c1ccc(-c2ccccc2)cc1NS(=O)(=O)c1ccccc1. The molecule has 3 rings (SSSR count). The summed E-state index contributed by atoms with van der Waals surface area (Å²) in [7, 11) is -2.58. The summed E-state index contributed by atoms with van der Waals surface area (Å²) in [6.07, 6.45) is 0. The normalized spacial score (nSPS) is 11.0. The Hall–Kier alpha value is -3.12. The van der Waals surface area contributed by atoms with Crippen molar-refractivity contribution in [3.8, 4) is 11.1 Å². The minimum Gasteiger partial charge on any atom is -0.465 e. The van der Waals surface area contributed by atoms with E-state index in [9.17, 15) is 13.2 Å². The lowest BCUT2D eigenvalue weighted by Gasteiger charge is -2.13. The van der Waals surface area contributed by atoms with Gasteiger partial charge in [-0.15, -0.1) is 0 Å². The van der Waals surface area contributed by atoms with Crippen LogP contribution in [0.1, 0.15) is 10.4 Å². The van der Waals surface area contributed by atoms with Crippen molar-refractivity contribution in [2.75, 3.05) is 11.8 Å². The highest BCUT2D eigenvalue weighted by Gasteiger charge is 2.19. The quantitative estimate of drug-likeness (QED) is 0.693. The lowest BCUT2D eigenvalue weighted by molar-refractivity contribution is 0.0602. The molecule has 0 saturated carbocycles. The first kappa shape index (κ1) is 17.7. The molecule has 0 atom stereocenters. The fourth-order valence-electron chi connectivity index (χ4n) is 2.53. The van der Waals surface area contributed by atoms with E-state index in [-0.39, 0.29) is 16.1 Å². The molecule has 0 saturated heterocycles. The van der Waals surface area contributed by atoms with Crippen molar-refractivity contribution < 1.29 is 17.9 Å². The second kappa shape index (κ2) is 7.41. The van der Waals surface area contributed by atoms with E-state index in [2.05, 4.69) is 4.72 Å². The molecule has 1 N–H and O–H groups in total. The monoisotopic (exact) mass is 367 g/mol. The van der Waals surface area contributed by atoms with Gasteiger partial charge in [-0.1, -0.05) is 54.6 Å². The van der Waals surface area contributed by atoms with E-state index < -0.39 is 16.0 Å². The van der Waals surface area contributed by atoms with Gasteiger partial charge in [0.1, 0.15) is 0 Å². The number of ether oxygens (including phenoxy) is 1. The fourth-order valence-corrected chi connectivity index (χ4v) is 3.62. The Morgan fingerprint density at radius 2 is 1.46 bits per heavy atom. The van der Waals surface area contributed by atoms with Crippen molar-refractivity contribution in [2.45, 2.75) is 4.90 Å². The van der Waals surface area contributed by atoms with Crippen LogP contribution in [0.25, 0.3) is 11.1 Å². The van der Waals surface area contributed by atoms with Crippen LogP contribution in [-0.2, 0) is 14.8 Å². The lowest BCUT2D eigenvalue weighted by Crippen LogP contribution is -2.16. The number of benzene rings is 3. The Morgan fingerprint density at radius 1 is 0.846 bits per heavy atom. The zero-order valence-corrected chi connectivity index (χ0v) is 14.9. The van der Waals surface area contributed by atoms with E-state index in [0.29, 0.717) is 0 Å². The van der Waals surface area contributed by atoms with Gasteiger partial charge in [0, 0.05) is 0 Å². The van der Waals surface area contributed by atoms with Crippen LogP contribution >= 0.6 is 0 Å². The molecule has 0 fully saturated rings. The van der Waals surface area contributed by atoms with E-state index in [4.69, 9.17) is 4.74 Å². The predicted octanol–water partition coefficient (Wildman–Crippen LogP) is 3.94. The number of carbonyl (C=O) groups is 1. The number of esters is 1. The summed E-state index contributed by atoms with van der Waals surface area (Å²) in [5.41, 5.74) is 2.00. The van der Waals surface area contributed by atoms with Crippen LogP contribution in [0, 0.1) is 0 Å². The Kier molecular flexibility index (Phi) is 5.04. The molecule has 0 aliphatic heterocycles. The molecule has 5 nitrogen and oxygen atoms in total. The first-order chi connectivity index (χ1) is 12.5. The molecule has 0 unspecified atom stereocenters. The largest absolute Gasteiger partial charge is 0.465 e. The van der Waals surface area contributed by atoms with Crippen molar-refractivity contribution in [2.24, 2.45) is 0 Å². The number of anilines is 1. The smallest absolute Gasteiger partial charge is 0.339 e. The molecular weight excluding hydrogens is 350 g/mol. The molecule has 0 aliphatic rings. The Morgan fingerprint density at radius 3 is 2.08 bits per heavy atom. The van der Waals surface area contributed by atoms with Gasteiger partial charge in [-0.2, -0.15) is 0 Å². The topological polar surface area (TPSA) is 72.5 Å². The van der Waals surface area contributed by atoms with Gasteiger partial charge in [0.05, 0.1) is 23.3 Å². The zero-order chi connectivity index (χ0) is 18.6. The number of nitrogens with one attached hydrogen (secondary N) is 1. The van der Waals surface area contributed by atoms with Crippen molar-refractivity contribution in [1.29, 1.82) is 0 Å². The summed E-state index contributed by atoms with van der Waals surface area (Å²) >= 11 is 0. The molecule has 26 heavy (non-hydrogen) atoms. The maximum Gasteiger partial charge on any atom is 0.339 e. The number of carbonyl (C=O) groups excluding carboxylic acids is 1. The van der Waals surface area contributed by atoms with Crippen LogP contribution in [0.2, 0.25) is 0 Å². The Balaban J connectivity index is 2.07. The number of methoxy groups -OCH3 is 1. The average molecular weight is 367 g/mol. The second-order valence-electron chi connectivity index (χ2n) is 5.54. The molecule has 0 heterocycles. The van der Waals surface area contributed by atoms with Gasteiger partial charge in [0.2, 0.25) is 0 Å². The van der Waals surface area contributed by atoms with Crippen molar-refractivity contribution >= 4 is 21.7 Å². The third-order valence-electron chi connectivity index (χ3n) is 3.83. The van der Waals surface area contributed by atoms with Crippen LogP contribution < -0.4 is 4.72 Å². The number of rotatable bonds is 5. The zero-order valence-electron chi connectivity index (χ0n) is 14.0. The van der Waals surface area contributed by atoms with Gasteiger partial charge in [0.15, 0.2) is 0 Å². The highest BCUT2D eigenvalue weighted by Crippen LogP contribution is 2.28. The van der Waals surface area contributed by atoms with E-state index >= 15 is 0 Å². The van der Waals surface area contributed by atoms with Crippen LogP contribution in [0.5, 0.6) is 0 Å². The molecule has 0 radical (unpaired) electrons. The van der Waals surface area contributed by atoms with E-state index in [1.54, 1.807) is 36.4 Å². The minimum absolute atomic E-state index is 0.112. The fraction of sp³-hybridized carbons (Fsp3) is 0.0500. The van der Waals surface area contributed by atoms with Crippen LogP contribution in [0.3, 0.4) is 0 Å². The standard InChI is InChI=1S/C20H17NO4S/c1-25-20(22)18-13-12-16(15-8-4-2-5-9-15)14-19(18)21-26(23,24)17-10-6-3-7-11-17/h2-14,21H,1H3. The van der Waals surface area contributed by atoms with Crippen LogP contribution in [-0.4, -0.2) is 21.5 Å². The second-order valence-corrected chi connectivity index (χ2v) is 7.22. The first-order valence-corrected chi connectivity index (χ1v) is 9.35. The maximum absolute atomic E-state index is 12.6. The van der Waals surface area contributed by atoms with Gasteiger partial charge >= 0.3 is 5.97 Å². The summed E-state index contributed by atoms with van der Waals surface area (Å²) in [4.78, 5) is 12.2. The average Bonchev–Trinajstić information content (AvgIpc) is 2.68. The Bertz CT molecular complexity index is 1020. The summed E-state index contributed by atoms with van der Waals surface area (Å²) in [6.45, 7) is 0. The third-order valence-corrected chi connectivity index (χ3v) is 5.21. The molecule has 132 valence electrons. The molecule has 3 aromatic carbocycles. The summed E-state index contributed by atoms with van der Waals surface area (Å²) < 4.78 is 32.6.